The van der Waals surface area contributed by atoms with E-state index in [1.54, 1.807) is 12.1 Å². The Bertz CT molecular complexity index is 583. The maximum atomic E-state index is 13.1. The fraction of sp³-hybridized carbons (Fsp3) is 0.294. The van der Waals surface area contributed by atoms with E-state index in [-0.39, 0.29) is 5.02 Å². The standard InChI is InChI=1S/C17H18ClFO/c1-12-4-2-3-5-14(12)7-8-15(20)10-13-6-9-17(19)16(18)11-13/h2-6,9,11,15,20H,7-8,10H2,1H3. The molecule has 0 bridgehead atoms. The lowest BCUT2D eigenvalue weighted by molar-refractivity contribution is 0.165. The first kappa shape index (κ1) is 15.0. The van der Waals surface area contributed by atoms with Crippen LogP contribution in [0.3, 0.4) is 0 Å². The number of aliphatic hydroxyl groups is 1. The molecular weight excluding hydrogens is 275 g/mol. The summed E-state index contributed by atoms with van der Waals surface area (Å²) in [5.74, 6) is -0.426. The second-order valence-electron chi connectivity index (χ2n) is 5.07. The largest absolute Gasteiger partial charge is 0.393 e. The number of hydrogen-bond donors (Lipinski definition) is 1. The van der Waals surface area contributed by atoms with Gasteiger partial charge in [-0.25, -0.2) is 4.39 Å². The maximum absolute atomic E-state index is 13.1. The highest BCUT2D eigenvalue weighted by Gasteiger charge is 2.09. The smallest absolute Gasteiger partial charge is 0.141 e. The third-order valence-electron chi connectivity index (χ3n) is 3.46. The van der Waals surface area contributed by atoms with Crippen molar-refractivity contribution in [3.8, 4) is 0 Å². The van der Waals surface area contributed by atoms with Crippen LogP contribution in [-0.4, -0.2) is 11.2 Å². The van der Waals surface area contributed by atoms with Gasteiger partial charge in [0.05, 0.1) is 11.1 Å². The van der Waals surface area contributed by atoms with Crippen LogP contribution in [0.25, 0.3) is 0 Å². The molecule has 0 aliphatic heterocycles. The summed E-state index contributed by atoms with van der Waals surface area (Å²) in [5.41, 5.74) is 3.35. The molecule has 0 fully saturated rings. The second-order valence-corrected chi connectivity index (χ2v) is 5.48. The van der Waals surface area contributed by atoms with Crippen molar-refractivity contribution in [1.29, 1.82) is 0 Å². The zero-order chi connectivity index (χ0) is 14.5. The van der Waals surface area contributed by atoms with E-state index in [4.69, 9.17) is 11.6 Å². The molecule has 1 unspecified atom stereocenters. The number of benzene rings is 2. The molecule has 0 amide bonds. The van der Waals surface area contributed by atoms with Crippen molar-refractivity contribution in [1.82, 2.24) is 0 Å². The highest BCUT2D eigenvalue weighted by atomic mass is 35.5. The summed E-state index contributed by atoms with van der Waals surface area (Å²) >= 11 is 5.73. The Morgan fingerprint density at radius 2 is 1.95 bits per heavy atom. The SMILES string of the molecule is Cc1ccccc1CCC(O)Cc1ccc(F)c(Cl)c1. The molecule has 2 rings (SSSR count). The van der Waals surface area contributed by atoms with E-state index in [1.807, 2.05) is 12.1 Å². The predicted molar refractivity (Wildman–Crippen MR) is 80.6 cm³/mol. The Labute approximate surface area is 124 Å². The molecule has 3 heteroatoms. The molecule has 0 saturated carbocycles. The Morgan fingerprint density at radius 3 is 2.65 bits per heavy atom. The van der Waals surface area contributed by atoms with E-state index in [0.29, 0.717) is 12.8 Å². The number of halogens is 2. The van der Waals surface area contributed by atoms with Crippen molar-refractivity contribution < 1.29 is 9.50 Å². The molecule has 2 aromatic carbocycles. The van der Waals surface area contributed by atoms with Gasteiger partial charge in [0.25, 0.3) is 0 Å². The van der Waals surface area contributed by atoms with Crippen molar-refractivity contribution >= 4 is 11.6 Å². The topological polar surface area (TPSA) is 20.2 Å². The van der Waals surface area contributed by atoms with E-state index in [1.165, 1.54) is 17.2 Å². The van der Waals surface area contributed by atoms with Gasteiger partial charge in [-0.15, -0.1) is 0 Å². The van der Waals surface area contributed by atoms with Gasteiger partial charge in [0.15, 0.2) is 0 Å². The average Bonchev–Trinajstić information content (AvgIpc) is 2.42. The number of aryl methyl sites for hydroxylation is 2. The van der Waals surface area contributed by atoms with Gasteiger partial charge in [0.2, 0.25) is 0 Å². The Kier molecular flexibility index (Phi) is 5.16. The van der Waals surface area contributed by atoms with Gasteiger partial charge in [0, 0.05) is 0 Å². The normalized spacial score (nSPS) is 12.4. The average molecular weight is 293 g/mol. The van der Waals surface area contributed by atoms with Gasteiger partial charge in [-0.05, 0) is 55.0 Å². The van der Waals surface area contributed by atoms with Crippen LogP contribution in [0.4, 0.5) is 4.39 Å². The molecule has 0 heterocycles. The molecule has 0 aliphatic rings. The minimum absolute atomic E-state index is 0.105. The van der Waals surface area contributed by atoms with Gasteiger partial charge in [0.1, 0.15) is 5.82 Å². The molecule has 0 aliphatic carbocycles. The van der Waals surface area contributed by atoms with Crippen LogP contribution in [0, 0.1) is 12.7 Å². The van der Waals surface area contributed by atoms with Gasteiger partial charge >= 0.3 is 0 Å². The zero-order valence-electron chi connectivity index (χ0n) is 11.4. The molecule has 0 radical (unpaired) electrons. The van der Waals surface area contributed by atoms with E-state index < -0.39 is 11.9 Å². The first-order chi connectivity index (χ1) is 9.56. The molecule has 2 aromatic rings. The summed E-state index contributed by atoms with van der Waals surface area (Å²) in [6.07, 6.45) is 1.56. The van der Waals surface area contributed by atoms with E-state index >= 15 is 0 Å². The first-order valence-electron chi connectivity index (χ1n) is 6.73. The van der Waals surface area contributed by atoms with Crippen molar-refractivity contribution in [3.05, 3.63) is 70.0 Å². The molecular formula is C17H18ClFO. The van der Waals surface area contributed by atoms with Crippen LogP contribution in [-0.2, 0) is 12.8 Å². The maximum Gasteiger partial charge on any atom is 0.141 e. The van der Waals surface area contributed by atoms with Crippen LogP contribution in [0.5, 0.6) is 0 Å². The third kappa shape index (κ3) is 4.06. The van der Waals surface area contributed by atoms with Gasteiger partial charge in [-0.3, -0.25) is 0 Å². The minimum Gasteiger partial charge on any atom is -0.393 e. The lowest BCUT2D eigenvalue weighted by Crippen LogP contribution is -2.12. The summed E-state index contributed by atoms with van der Waals surface area (Å²) in [4.78, 5) is 0. The van der Waals surface area contributed by atoms with E-state index in [2.05, 4.69) is 19.1 Å². The van der Waals surface area contributed by atoms with Gasteiger partial charge in [-0.2, -0.15) is 0 Å². The molecule has 1 atom stereocenters. The van der Waals surface area contributed by atoms with Crippen LogP contribution in [0.15, 0.2) is 42.5 Å². The first-order valence-corrected chi connectivity index (χ1v) is 7.10. The molecule has 20 heavy (non-hydrogen) atoms. The van der Waals surface area contributed by atoms with Crippen LogP contribution in [0.1, 0.15) is 23.1 Å². The summed E-state index contributed by atoms with van der Waals surface area (Å²) in [6.45, 7) is 2.07. The molecule has 106 valence electrons. The van der Waals surface area contributed by atoms with Crippen LogP contribution < -0.4 is 0 Å². The number of rotatable bonds is 5. The third-order valence-corrected chi connectivity index (χ3v) is 3.75. The summed E-state index contributed by atoms with van der Waals surface area (Å²) in [6, 6.07) is 12.8. The molecule has 1 nitrogen and oxygen atoms in total. The minimum atomic E-state index is -0.448. The molecule has 0 spiro atoms. The van der Waals surface area contributed by atoms with Gasteiger partial charge < -0.3 is 5.11 Å². The second kappa shape index (κ2) is 6.87. The monoisotopic (exact) mass is 292 g/mol. The van der Waals surface area contributed by atoms with E-state index in [0.717, 1.165) is 12.0 Å². The lowest BCUT2D eigenvalue weighted by Gasteiger charge is -2.12. The number of hydrogen-bond acceptors (Lipinski definition) is 1. The van der Waals surface area contributed by atoms with Crippen molar-refractivity contribution in [2.45, 2.75) is 32.3 Å². The fourth-order valence-corrected chi connectivity index (χ4v) is 2.46. The highest BCUT2D eigenvalue weighted by molar-refractivity contribution is 6.30. The summed E-state index contributed by atoms with van der Waals surface area (Å²) in [5, 5.41) is 10.2. The quantitative estimate of drug-likeness (QED) is 0.870. The highest BCUT2D eigenvalue weighted by Crippen LogP contribution is 2.18. The molecule has 0 aromatic heterocycles. The summed E-state index contributed by atoms with van der Waals surface area (Å²) < 4.78 is 13.1. The van der Waals surface area contributed by atoms with Crippen molar-refractivity contribution in [2.24, 2.45) is 0 Å². The van der Waals surface area contributed by atoms with Crippen LogP contribution >= 0.6 is 11.6 Å². The Balaban J connectivity index is 1.91. The zero-order valence-corrected chi connectivity index (χ0v) is 12.2. The molecule has 1 N–H and O–H groups in total. The molecule has 0 saturated heterocycles. The fourth-order valence-electron chi connectivity index (χ4n) is 2.25. The van der Waals surface area contributed by atoms with Gasteiger partial charge in [-0.1, -0.05) is 41.9 Å². The number of aliphatic hydroxyl groups excluding tert-OH is 1. The van der Waals surface area contributed by atoms with Crippen molar-refractivity contribution in [2.75, 3.05) is 0 Å². The van der Waals surface area contributed by atoms with E-state index in [9.17, 15) is 9.50 Å². The Hall–Kier alpha value is -1.38. The van der Waals surface area contributed by atoms with Crippen molar-refractivity contribution in [3.63, 3.8) is 0 Å². The predicted octanol–water partition coefficient (Wildman–Crippen LogP) is 4.32. The lowest BCUT2D eigenvalue weighted by atomic mass is 9.99. The summed E-state index contributed by atoms with van der Waals surface area (Å²) in [7, 11) is 0. The van der Waals surface area contributed by atoms with Crippen LogP contribution in [0.2, 0.25) is 5.02 Å². The Morgan fingerprint density at radius 1 is 1.20 bits per heavy atom.